The minimum Gasteiger partial charge on any atom is -0.493 e. The van der Waals surface area contributed by atoms with E-state index in [9.17, 15) is 4.79 Å². The topological polar surface area (TPSA) is 55.6 Å². The molecule has 2 N–H and O–H groups in total. The highest BCUT2D eigenvalue weighted by Gasteiger charge is 2.12. The quantitative estimate of drug-likeness (QED) is 0.664. The van der Waals surface area contributed by atoms with Gasteiger partial charge in [-0.3, -0.25) is 4.79 Å². The van der Waals surface area contributed by atoms with Crippen LogP contribution in [0.2, 0.25) is 0 Å². The minimum atomic E-state index is 0.159. The molecule has 0 fully saturated rings. The molecule has 4 heteroatoms. The van der Waals surface area contributed by atoms with Crippen molar-refractivity contribution in [3.05, 3.63) is 29.3 Å². The molecule has 0 aromatic heterocycles. The first-order chi connectivity index (χ1) is 11.3. The number of aryl methyl sites for hydroxylation is 2. The zero-order chi connectivity index (χ0) is 18.1. The highest BCUT2D eigenvalue weighted by atomic mass is 16.5. The third-order valence-corrected chi connectivity index (χ3v) is 4.47. The van der Waals surface area contributed by atoms with Crippen LogP contribution in [0.1, 0.15) is 50.7 Å². The maximum atomic E-state index is 12.1. The predicted octanol–water partition coefficient (Wildman–Crippen LogP) is 3.68. The fraction of sp³-hybridized carbons (Fsp3) is 0.650. The van der Waals surface area contributed by atoms with Crippen molar-refractivity contribution >= 4 is 5.91 Å². The van der Waals surface area contributed by atoms with E-state index < -0.39 is 0 Å². The van der Waals surface area contributed by atoms with Gasteiger partial charge in [-0.15, -0.1) is 0 Å². The van der Waals surface area contributed by atoms with Crippen LogP contribution in [-0.2, 0) is 4.79 Å². The smallest absolute Gasteiger partial charge is 0.222 e. The summed E-state index contributed by atoms with van der Waals surface area (Å²) in [5, 5.41) is 0. The molecule has 0 heterocycles. The molecule has 1 rings (SSSR count). The van der Waals surface area contributed by atoms with Gasteiger partial charge in [-0.1, -0.05) is 26.0 Å². The lowest BCUT2D eigenvalue weighted by molar-refractivity contribution is -0.130. The number of ether oxygens (including phenoxy) is 1. The van der Waals surface area contributed by atoms with Crippen LogP contribution >= 0.6 is 0 Å². The normalized spacial score (nSPS) is 12.3. The SMILES string of the molecule is Cc1ccc(C)c(OCCCCC(=O)N(C)CCC(N)C(C)C)c1. The summed E-state index contributed by atoms with van der Waals surface area (Å²) in [5.74, 6) is 1.59. The Balaban J connectivity index is 2.20. The first-order valence-corrected chi connectivity index (χ1v) is 9.01. The molecule has 1 aromatic carbocycles. The average molecular weight is 335 g/mol. The second-order valence-electron chi connectivity index (χ2n) is 7.09. The molecule has 0 saturated carbocycles. The van der Waals surface area contributed by atoms with Crippen LogP contribution in [0, 0.1) is 19.8 Å². The number of nitrogens with zero attached hydrogens (tertiary/aromatic N) is 1. The van der Waals surface area contributed by atoms with Gasteiger partial charge >= 0.3 is 0 Å². The van der Waals surface area contributed by atoms with Crippen molar-refractivity contribution < 1.29 is 9.53 Å². The van der Waals surface area contributed by atoms with E-state index in [-0.39, 0.29) is 11.9 Å². The van der Waals surface area contributed by atoms with E-state index in [4.69, 9.17) is 10.5 Å². The summed E-state index contributed by atoms with van der Waals surface area (Å²) in [7, 11) is 1.86. The first kappa shape index (κ1) is 20.5. The standard InChI is InChI=1S/C20H34N2O2/c1-15(2)18(21)11-12-22(5)20(23)8-6-7-13-24-19-14-16(3)9-10-17(19)4/h9-10,14-15,18H,6-8,11-13,21H2,1-5H3. The molecule has 4 nitrogen and oxygen atoms in total. The van der Waals surface area contributed by atoms with Crippen molar-refractivity contribution in [1.82, 2.24) is 4.90 Å². The third kappa shape index (κ3) is 7.35. The number of carbonyl (C=O) groups excluding carboxylic acids is 1. The summed E-state index contributed by atoms with van der Waals surface area (Å²) in [4.78, 5) is 13.9. The summed E-state index contributed by atoms with van der Waals surface area (Å²) < 4.78 is 5.82. The van der Waals surface area contributed by atoms with Gasteiger partial charge in [0.2, 0.25) is 5.91 Å². The van der Waals surface area contributed by atoms with Gasteiger partial charge in [-0.05, 0) is 56.2 Å². The maximum Gasteiger partial charge on any atom is 0.222 e. The number of hydrogen-bond acceptors (Lipinski definition) is 3. The molecule has 1 aromatic rings. The fourth-order valence-electron chi connectivity index (χ4n) is 2.41. The summed E-state index contributed by atoms with van der Waals surface area (Å²) in [6.07, 6.45) is 3.17. The highest BCUT2D eigenvalue weighted by Crippen LogP contribution is 2.19. The van der Waals surface area contributed by atoms with Gasteiger partial charge < -0.3 is 15.4 Å². The second-order valence-corrected chi connectivity index (χ2v) is 7.09. The van der Waals surface area contributed by atoms with Crippen LogP contribution < -0.4 is 10.5 Å². The van der Waals surface area contributed by atoms with Crippen LogP contribution in [0.15, 0.2) is 18.2 Å². The van der Waals surface area contributed by atoms with Gasteiger partial charge in [-0.25, -0.2) is 0 Å². The maximum absolute atomic E-state index is 12.1. The Kier molecular flexibility index (Phi) is 8.83. The molecule has 136 valence electrons. The van der Waals surface area contributed by atoms with Gasteiger partial charge in [0.25, 0.3) is 0 Å². The number of nitrogens with two attached hydrogens (primary N) is 1. The van der Waals surface area contributed by atoms with E-state index in [0.717, 1.165) is 37.1 Å². The van der Waals surface area contributed by atoms with Gasteiger partial charge in [0.15, 0.2) is 0 Å². The summed E-state index contributed by atoms with van der Waals surface area (Å²) in [5.41, 5.74) is 8.38. The largest absolute Gasteiger partial charge is 0.493 e. The van der Waals surface area contributed by atoms with E-state index in [1.807, 2.05) is 7.05 Å². The summed E-state index contributed by atoms with van der Waals surface area (Å²) >= 11 is 0. The van der Waals surface area contributed by atoms with E-state index in [0.29, 0.717) is 18.9 Å². The Morgan fingerprint density at radius 1 is 1.25 bits per heavy atom. The Morgan fingerprint density at radius 3 is 2.62 bits per heavy atom. The van der Waals surface area contributed by atoms with Crippen molar-refractivity contribution in [1.29, 1.82) is 0 Å². The summed E-state index contributed by atoms with van der Waals surface area (Å²) in [6, 6.07) is 6.38. The molecule has 0 radical (unpaired) electrons. The Morgan fingerprint density at radius 2 is 1.96 bits per heavy atom. The van der Waals surface area contributed by atoms with Gasteiger partial charge in [0.1, 0.15) is 5.75 Å². The minimum absolute atomic E-state index is 0.159. The van der Waals surface area contributed by atoms with Crippen LogP contribution in [0.4, 0.5) is 0 Å². The molecule has 1 unspecified atom stereocenters. The van der Waals surface area contributed by atoms with Crippen LogP contribution in [0.5, 0.6) is 5.75 Å². The molecular formula is C20H34N2O2. The molecule has 1 atom stereocenters. The monoisotopic (exact) mass is 334 g/mol. The van der Waals surface area contributed by atoms with Crippen LogP contribution in [0.25, 0.3) is 0 Å². The van der Waals surface area contributed by atoms with E-state index >= 15 is 0 Å². The van der Waals surface area contributed by atoms with E-state index in [2.05, 4.69) is 45.9 Å². The number of carbonyl (C=O) groups is 1. The molecule has 0 aliphatic carbocycles. The molecule has 0 aliphatic heterocycles. The van der Waals surface area contributed by atoms with Crippen molar-refractivity contribution in [2.75, 3.05) is 20.2 Å². The van der Waals surface area contributed by atoms with Crippen molar-refractivity contribution in [3.8, 4) is 5.75 Å². The van der Waals surface area contributed by atoms with Crippen molar-refractivity contribution in [2.24, 2.45) is 11.7 Å². The number of benzene rings is 1. The van der Waals surface area contributed by atoms with E-state index in [1.165, 1.54) is 5.56 Å². The molecule has 0 spiro atoms. The zero-order valence-electron chi connectivity index (χ0n) is 16.0. The third-order valence-electron chi connectivity index (χ3n) is 4.47. The average Bonchev–Trinajstić information content (AvgIpc) is 2.54. The molecule has 24 heavy (non-hydrogen) atoms. The van der Waals surface area contributed by atoms with Crippen molar-refractivity contribution in [3.63, 3.8) is 0 Å². The molecular weight excluding hydrogens is 300 g/mol. The fourth-order valence-corrected chi connectivity index (χ4v) is 2.41. The lowest BCUT2D eigenvalue weighted by atomic mass is 10.0. The van der Waals surface area contributed by atoms with E-state index in [1.54, 1.807) is 4.90 Å². The van der Waals surface area contributed by atoms with Gasteiger partial charge in [0, 0.05) is 26.1 Å². The predicted molar refractivity (Wildman–Crippen MR) is 100 cm³/mol. The Bertz CT molecular complexity index is 514. The molecule has 0 bridgehead atoms. The lowest BCUT2D eigenvalue weighted by Gasteiger charge is -2.21. The Labute approximate surface area is 147 Å². The van der Waals surface area contributed by atoms with Crippen LogP contribution in [0.3, 0.4) is 0 Å². The molecule has 0 saturated heterocycles. The van der Waals surface area contributed by atoms with Gasteiger partial charge in [-0.2, -0.15) is 0 Å². The number of hydrogen-bond donors (Lipinski definition) is 1. The van der Waals surface area contributed by atoms with Gasteiger partial charge in [0.05, 0.1) is 6.61 Å². The molecule has 0 aliphatic rings. The number of amides is 1. The van der Waals surface area contributed by atoms with Crippen LogP contribution in [-0.4, -0.2) is 37.0 Å². The number of unbranched alkanes of at least 4 members (excludes halogenated alkanes) is 1. The van der Waals surface area contributed by atoms with Crippen molar-refractivity contribution in [2.45, 2.75) is 59.4 Å². The highest BCUT2D eigenvalue weighted by molar-refractivity contribution is 5.75. The number of rotatable bonds is 10. The lowest BCUT2D eigenvalue weighted by Crippen LogP contribution is -2.34. The first-order valence-electron chi connectivity index (χ1n) is 9.01. The Hall–Kier alpha value is -1.55. The molecule has 1 amide bonds. The summed E-state index contributed by atoms with van der Waals surface area (Å²) in [6.45, 7) is 9.72. The second kappa shape index (κ2) is 10.3. The zero-order valence-corrected chi connectivity index (χ0v) is 16.0.